The predicted octanol–water partition coefficient (Wildman–Crippen LogP) is 1.82. The number of hydrogen-bond donors (Lipinski definition) is 2. The summed E-state index contributed by atoms with van der Waals surface area (Å²) in [5, 5.41) is 12.5. The molecule has 2 rings (SSSR count). The maximum absolute atomic E-state index is 12.1. The molecule has 1 saturated heterocycles. The van der Waals surface area contributed by atoms with Crippen molar-refractivity contribution >= 4 is 29.1 Å². The van der Waals surface area contributed by atoms with Gasteiger partial charge < -0.3 is 15.3 Å². The lowest BCUT2D eigenvalue weighted by Gasteiger charge is -2.17. The number of carbonyl (C=O) groups excluding carboxylic acids is 2. The monoisotopic (exact) mass is 310 g/mol. The lowest BCUT2D eigenvalue weighted by atomic mass is 10.0. The van der Waals surface area contributed by atoms with Gasteiger partial charge in [0.05, 0.1) is 16.8 Å². The van der Waals surface area contributed by atoms with Crippen molar-refractivity contribution in [2.24, 2.45) is 5.92 Å². The maximum atomic E-state index is 12.1. The van der Waals surface area contributed by atoms with Gasteiger partial charge in [0.15, 0.2) is 0 Å². The number of aliphatic hydroxyl groups is 1. The molecule has 0 saturated carbocycles. The van der Waals surface area contributed by atoms with Crippen LogP contribution >= 0.6 is 11.6 Å². The molecule has 1 heterocycles. The van der Waals surface area contributed by atoms with Crippen LogP contribution in [0.15, 0.2) is 18.2 Å². The van der Waals surface area contributed by atoms with E-state index < -0.39 is 17.9 Å². The second-order valence-electron chi connectivity index (χ2n) is 5.48. The van der Waals surface area contributed by atoms with Gasteiger partial charge in [-0.1, -0.05) is 17.7 Å². The molecular weight excluding hydrogens is 292 g/mol. The topological polar surface area (TPSA) is 69.6 Å². The number of aliphatic hydroxyl groups excluding tert-OH is 1. The highest BCUT2D eigenvalue weighted by molar-refractivity contribution is 6.41. The van der Waals surface area contributed by atoms with E-state index in [1.165, 1.54) is 4.90 Å². The highest BCUT2D eigenvalue weighted by Crippen LogP contribution is 2.23. The summed E-state index contributed by atoms with van der Waals surface area (Å²) >= 11 is 6.00. The molecule has 2 amide bonds. The van der Waals surface area contributed by atoms with E-state index in [0.717, 1.165) is 5.56 Å². The molecule has 2 N–H and O–H groups in total. The molecule has 0 bridgehead atoms. The van der Waals surface area contributed by atoms with Gasteiger partial charge in [0.1, 0.15) is 0 Å². The normalized spacial score (nSPS) is 19.4. The number of rotatable bonds is 2. The Morgan fingerprint density at radius 2 is 2.19 bits per heavy atom. The highest BCUT2D eigenvalue weighted by atomic mass is 35.5. The average Bonchev–Trinajstić information content (AvgIpc) is 2.91. The summed E-state index contributed by atoms with van der Waals surface area (Å²) in [6.07, 6.45) is 0.235. The molecule has 0 aliphatic carbocycles. The van der Waals surface area contributed by atoms with Gasteiger partial charge in [-0.3, -0.25) is 9.59 Å². The van der Waals surface area contributed by atoms with Gasteiger partial charge >= 0.3 is 11.8 Å². The number of carbonyl (C=O) groups is 2. The van der Waals surface area contributed by atoms with Crippen molar-refractivity contribution in [3.63, 3.8) is 0 Å². The van der Waals surface area contributed by atoms with Crippen molar-refractivity contribution in [2.75, 3.05) is 18.4 Å². The summed E-state index contributed by atoms with van der Waals surface area (Å²) in [6, 6.07) is 5.22. The summed E-state index contributed by atoms with van der Waals surface area (Å²) in [7, 11) is 0. The van der Waals surface area contributed by atoms with Crippen LogP contribution in [-0.4, -0.2) is 41.0 Å². The molecule has 0 radical (unpaired) electrons. The fraction of sp³-hybridized carbons (Fsp3) is 0.467. The average molecular weight is 311 g/mol. The van der Waals surface area contributed by atoms with E-state index in [1.54, 1.807) is 19.1 Å². The fourth-order valence-electron chi connectivity index (χ4n) is 2.42. The number of halogens is 1. The third-order valence-corrected chi connectivity index (χ3v) is 4.09. The van der Waals surface area contributed by atoms with Gasteiger partial charge in [-0.2, -0.15) is 0 Å². The number of nitrogens with one attached hydrogen (secondary N) is 1. The lowest BCUT2D eigenvalue weighted by Crippen LogP contribution is -2.38. The Morgan fingerprint density at radius 3 is 2.81 bits per heavy atom. The minimum absolute atomic E-state index is 0.0318. The first-order valence-corrected chi connectivity index (χ1v) is 7.30. The van der Waals surface area contributed by atoms with Crippen molar-refractivity contribution < 1.29 is 14.7 Å². The largest absolute Gasteiger partial charge is 0.393 e. The molecule has 21 heavy (non-hydrogen) atoms. The van der Waals surface area contributed by atoms with E-state index in [1.807, 2.05) is 13.0 Å². The van der Waals surface area contributed by atoms with Gasteiger partial charge in [0.25, 0.3) is 0 Å². The second-order valence-corrected chi connectivity index (χ2v) is 5.89. The molecule has 0 aromatic heterocycles. The third kappa shape index (κ3) is 3.74. The van der Waals surface area contributed by atoms with Crippen LogP contribution in [0.2, 0.25) is 5.02 Å². The highest BCUT2D eigenvalue weighted by Gasteiger charge is 2.32. The molecule has 6 heteroatoms. The number of aryl methyl sites for hydroxylation is 1. The number of nitrogens with zero attached hydrogens (tertiary/aromatic N) is 1. The standard InChI is InChI=1S/C15H19ClN2O3/c1-9-3-4-12(16)13(7-9)17-14(20)15(21)18-6-5-11(8-18)10(2)19/h3-4,7,10-11,19H,5-6,8H2,1-2H3,(H,17,20). The third-order valence-electron chi connectivity index (χ3n) is 3.76. The molecule has 1 aromatic rings. The molecule has 0 spiro atoms. The van der Waals surface area contributed by atoms with E-state index in [9.17, 15) is 14.7 Å². The Labute approximate surface area is 128 Å². The predicted molar refractivity (Wildman–Crippen MR) is 81.2 cm³/mol. The number of anilines is 1. The first kappa shape index (κ1) is 15.8. The lowest BCUT2D eigenvalue weighted by molar-refractivity contribution is -0.142. The number of benzene rings is 1. The van der Waals surface area contributed by atoms with Crippen LogP contribution in [-0.2, 0) is 9.59 Å². The fourth-order valence-corrected chi connectivity index (χ4v) is 2.58. The van der Waals surface area contributed by atoms with Gasteiger partial charge in [0, 0.05) is 19.0 Å². The number of likely N-dealkylation sites (tertiary alicyclic amines) is 1. The molecule has 114 valence electrons. The molecule has 5 nitrogen and oxygen atoms in total. The zero-order valence-electron chi connectivity index (χ0n) is 12.1. The van der Waals surface area contributed by atoms with Gasteiger partial charge in [-0.05, 0) is 38.0 Å². The summed E-state index contributed by atoms with van der Waals surface area (Å²) in [4.78, 5) is 25.6. The molecule has 2 atom stereocenters. The van der Waals surface area contributed by atoms with Crippen molar-refractivity contribution in [2.45, 2.75) is 26.4 Å². The van der Waals surface area contributed by atoms with Crippen molar-refractivity contribution in [1.82, 2.24) is 4.90 Å². The van der Waals surface area contributed by atoms with Crippen molar-refractivity contribution in [1.29, 1.82) is 0 Å². The van der Waals surface area contributed by atoms with Crippen LogP contribution in [0.25, 0.3) is 0 Å². The van der Waals surface area contributed by atoms with Gasteiger partial charge in [-0.15, -0.1) is 0 Å². The van der Waals surface area contributed by atoms with Gasteiger partial charge in [0.2, 0.25) is 0 Å². The smallest absolute Gasteiger partial charge is 0.313 e. The molecule has 2 unspecified atom stereocenters. The van der Waals surface area contributed by atoms with Crippen LogP contribution in [0.3, 0.4) is 0 Å². The van der Waals surface area contributed by atoms with E-state index >= 15 is 0 Å². The van der Waals surface area contributed by atoms with Crippen LogP contribution in [0, 0.1) is 12.8 Å². The Hall–Kier alpha value is -1.59. The Morgan fingerprint density at radius 1 is 1.48 bits per heavy atom. The van der Waals surface area contributed by atoms with E-state index in [0.29, 0.717) is 30.2 Å². The zero-order valence-corrected chi connectivity index (χ0v) is 12.9. The Balaban J connectivity index is 2.00. The van der Waals surface area contributed by atoms with Crippen molar-refractivity contribution in [3.8, 4) is 0 Å². The molecule has 1 aliphatic heterocycles. The summed E-state index contributed by atoms with van der Waals surface area (Å²) in [5.74, 6) is -1.26. The maximum Gasteiger partial charge on any atom is 0.313 e. The van der Waals surface area contributed by atoms with E-state index in [-0.39, 0.29) is 5.92 Å². The van der Waals surface area contributed by atoms with Crippen LogP contribution < -0.4 is 5.32 Å². The van der Waals surface area contributed by atoms with Gasteiger partial charge in [-0.25, -0.2) is 0 Å². The molecule has 1 aromatic carbocycles. The van der Waals surface area contributed by atoms with Crippen LogP contribution in [0.4, 0.5) is 5.69 Å². The minimum atomic E-state index is -0.700. The minimum Gasteiger partial charge on any atom is -0.393 e. The zero-order chi connectivity index (χ0) is 15.6. The first-order valence-electron chi connectivity index (χ1n) is 6.93. The summed E-state index contributed by atoms with van der Waals surface area (Å²) < 4.78 is 0. The van der Waals surface area contributed by atoms with Crippen LogP contribution in [0.1, 0.15) is 18.9 Å². The molecular formula is C15H19ClN2O3. The summed E-state index contributed by atoms with van der Waals surface area (Å²) in [5.41, 5.74) is 1.37. The molecule has 1 fully saturated rings. The van der Waals surface area contributed by atoms with Crippen LogP contribution in [0.5, 0.6) is 0 Å². The number of amides is 2. The number of hydrogen-bond acceptors (Lipinski definition) is 3. The quantitative estimate of drug-likeness (QED) is 0.819. The Kier molecular flexibility index (Phi) is 4.85. The van der Waals surface area contributed by atoms with E-state index in [4.69, 9.17) is 11.6 Å². The van der Waals surface area contributed by atoms with Crippen molar-refractivity contribution in [3.05, 3.63) is 28.8 Å². The second kappa shape index (κ2) is 6.45. The van der Waals surface area contributed by atoms with E-state index in [2.05, 4.69) is 5.32 Å². The SMILES string of the molecule is Cc1ccc(Cl)c(NC(=O)C(=O)N2CCC(C(C)O)C2)c1. The Bertz CT molecular complexity index is 560. The summed E-state index contributed by atoms with van der Waals surface area (Å²) in [6.45, 7) is 4.47. The first-order chi connectivity index (χ1) is 9.88. The molecule has 1 aliphatic rings.